The second kappa shape index (κ2) is 8.12. The number of phenols is 1. The van der Waals surface area contributed by atoms with Gasteiger partial charge in [0.2, 0.25) is 0 Å². The first-order valence-corrected chi connectivity index (χ1v) is 8.35. The van der Waals surface area contributed by atoms with E-state index >= 15 is 0 Å². The number of benzene rings is 3. The SMILES string of the molecule is O=Cc1ccc(C(=O)NCC(c2ccccc2)c2ccccc2)c(O)c1. The van der Waals surface area contributed by atoms with Crippen LogP contribution in [-0.4, -0.2) is 23.8 Å². The molecule has 130 valence electrons. The normalized spacial score (nSPS) is 10.5. The molecule has 0 aliphatic carbocycles. The highest BCUT2D eigenvalue weighted by Gasteiger charge is 2.17. The van der Waals surface area contributed by atoms with Crippen LogP contribution in [0.5, 0.6) is 5.75 Å². The van der Waals surface area contributed by atoms with Crippen LogP contribution >= 0.6 is 0 Å². The molecule has 0 fully saturated rings. The summed E-state index contributed by atoms with van der Waals surface area (Å²) in [5.74, 6) is -0.586. The minimum Gasteiger partial charge on any atom is -0.507 e. The summed E-state index contributed by atoms with van der Waals surface area (Å²) >= 11 is 0. The Kier molecular flexibility index (Phi) is 5.44. The fourth-order valence-corrected chi connectivity index (χ4v) is 2.90. The van der Waals surface area contributed by atoms with Gasteiger partial charge in [-0.3, -0.25) is 9.59 Å². The van der Waals surface area contributed by atoms with Crippen LogP contribution in [0.15, 0.2) is 78.9 Å². The number of aldehydes is 1. The second-order valence-electron chi connectivity index (χ2n) is 5.98. The van der Waals surface area contributed by atoms with Crippen molar-refractivity contribution in [3.05, 3.63) is 101 Å². The summed E-state index contributed by atoms with van der Waals surface area (Å²) < 4.78 is 0. The number of nitrogens with one attached hydrogen (secondary N) is 1. The standard InChI is InChI=1S/C22H19NO3/c24-15-16-11-12-19(21(25)13-16)22(26)23-14-20(17-7-3-1-4-8-17)18-9-5-2-6-10-18/h1-13,15,20,25H,14H2,(H,23,26). The molecule has 4 heteroatoms. The predicted octanol–water partition coefficient (Wildman–Crippen LogP) is 3.77. The van der Waals surface area contributed by atoms with E-state index in [9.17, 15) is 14.7 Å². The van der Waals surface area contributed by atoms with E-state index in [1.165, 1.54) is 18.2 Å². The van der Waals surface area contributed by atoms with Gasteiger partial charge in [-0.2, -0.15) is 0 Å². The van der Waals surface area contributed by atoms with Crippen LogP contribution in [0.4, 0.5) is 0 Å². The number of phenolic OH excluding ortho intramolecular Hbond substituents is 1. The maximum absolute atomic E-state index is 12.5. The van der Waals surface area contributed by atoms with E-state index in [1.54, 1.807) is 0 Å². The van der Waals surface area contributed by atoms with Gasteiger partial charge in [0.25, 0.3) is 5.91 Å². The van der Waals surface area contributed by atoms with Crippen molar-refractivity contribution >= 4 is 12.2 Å². The van der Waals surface area contributed by atoms with Gasteiger partial charge in [-0.05, 0) is 23.3 Å². The van der Waals surface area contributed by atoms with E-state index in [4.69, 9.17) is 0 Å². The van der Waals surface area contributed by atoms with E-state index in [2.05, 4.69) is 5.32 Å². The molecule has 0 aromatic heterocycles. The van der Waals surface area contributed by atoms with Crippen molar-refractivity contribution in [2.75, 3.05) is 6.54 Å². The van der Waals surface area contributed by atoms with Gasteiger partial charge in [0, 0.05) is 18.0 Å². The summed E-state index contributed by atoms with van der Waals surface area (Å²) in [5, 5.41) is 12.9. The number of amides is 1. The highest BCUT2D eigenvalue weighted by atomic mass is 16.3. The van der Waals surface area contributed by atoms with Gasteiger partial charge in [0.1, 0.15) is 12.0 Å². The van der Waals surface area contributed by atoms with Gasteiger partial charge in [-0.1, -0.05) is 66.7 Å². The third-order valence-electron chi connectivity index (χ3n) is 4.27. The molecule has 0 unspecified atom stereocenters. The second-order valence-corrected chi connectivity index (χ2v) is 5.98. The molecule has 3 aromatic rings. The van der Waals surface area contributed by atoms with Gasteiger partial charge in [-0.15, -0.1) is 0 Å². The average Bonchev–Trinajstić information content (AvgIpc) is 2.69. The van der Waals surface area contributed by atoms with Crippen LogP contribution < -0.4 is 5.32 Å². The van der Waals surface area contributed by atoms with E-state index in [0.29, 0.717) is 18.4 Å². The van der Waals surface area contributed by atoms with E-state index < -0.39 is 0 Å². The number of carbonyl (C=O) groups excluding carboxylic acids is 2. The van der Waals surface area contributed by atoms with Crippen molar-refractivity contribution in [2.45, 2.75) is 5.92 Å². The van der Waals surface area contributed by atoms with Crippen LogP contribution in [0.2, 0.25) is 0 Å². The molecule has 3 rings (SSSR count). The first kappa shape index (κ1) is 17.4. The monoisotopic (exact) mass is 345 g/mol. The number of aromatic hydroxyl groups is 1. The Bertz CT molecular complexity index is 852. The van der Waals surface area contributed by atoms with Gasteiger partial charge >= 0.3 is 0 Å². The summed E-state index contributed by atoms with van der Waals surface area (Å²) in [4.78, 5) is 23.2. The number of hydrogen-bond acceptors (Lipinski definition) is 3. The van der Waals surface area contributed by atoms with Crippen LogP contribution in [0.1, 0.15) is 37.8 Å². The van der Waals surface area contributed by atoms with Crippen molar-refractivity contribution in [3.8, 4) is 5.75 Å². The Hall–Kier alpha value is -3.40. The lowest BCUT2D eigenvalue weighted by atomic mass is 9.91. The number of hydrogen-bond donors (Lipinski definition) is 2. The predicted molar refractivity (Wildman–Crippen MR) is 101 cm³/mol. The van der Waals surface area contributed by atoms with Crippen LogP contribution in [0.3, 0.4) is 0 Å². The quantitative estimate of drug-likeness (QED) is 0.669. The van der Waals surface area contributed by atoms with Crippen LogP contribution in [-0.2, 0) is 0 Å². The largest absolute Gasteiger partial charge is 0.507 e. The molecular weight excluding hydrogens is 326 g/mol. The molecule has 0 saturated carbocycles. The smallest absolute Gasteiger partial charge is 0.255 e. The molecule has 3 aromatic carbocycles. The topological polar surface area (TPSA) is 66.4 Å². The fraction of sp³-hybridized carbons (Fsp3) is 0.0909. The average molecular weight is 345 g/mol. The van der Waals surface area contributed by atoms with Crippen molar-refractivity contribution in [3.63, 3.8) is 0 Å². The molecule has 1 amide bonds. The number of carbonyl (C=O) groups is 2. The zero-order chi connectivity index (χ0) is 18.4. The molecule has 0 bridgehead atoms. The van der Waals surface area contributed by atoms with E-state index in [0.717, 1.165) is 11.1 Å². The molecule has 0 saturated heterocycles. The Morgan fingerprint density at radius 2 is 1.50 bits per heavy atom. The first-order valence-electron chi connectivity index (χ1n) is 8.35. The maximum atomic E-state index is 12.5. The van der Waals surface area contributed by atoms with Gasteiger partial charge in [0.05, 0.1) is 5.56 Å². The zero-order valence-corrected chi connectivity index (χ0v) is 14.1. The van der Waals surface area contributed by atoms with E-state index in [1.807, 2.05) is 60.7 Å². The first-order chi connectivity index (χ1) is 12.7. The molecule has 0 heterocycles. The summed E-state index contributed by atoms with van der Waals surface area (Å²) in [6.07, 6.45) is 0.627. The summed E-state index contributed by atoms with van der Waals surface area (Å²) in [5.41, 5.74) is 2.67. The van der Waals surface area contributed by atoms with Crippen molar-refractivity contribution in [1.29, 1.82) is 0 Å². The Labute approximate surface area is 152 Å². The maximum Gasteiger partial charge on any atom is 0.255 e. The molecule has 0 radical (unpaired) electrons. The lowest BCUT2D eigenvalue weighted by Crippen LogP contribution is -2.29. The summed E-state index contributed by atoms with van der Waals surface area (Å²) in [6.45, 7) is 0.391. The fourth-order valence-electron chi connectivity index (χ4n) is 2.90. The highest BCUT2D eigenvalue weighted by molar-refractivity contribution is 5.97. The molecule has 0 aliphatic heterocycles. The minimum absolute atomic E-state index is 0.00209. The Morgan fingerprint density at radius 1 is 0.923 bits per heavy atom. The molecule has 4 nitrogen and oxygen atoms in total. The van der Waals surface area contributed by atoms with E-state index in [-0.39, 0.29) is 23.1 Å². The molecular formula is C22H19NO3. The third-order valence-corrected chi connectivity index (χ3v) is 4.27. The van der Waals surface area contributed by atoms with Crippen molar-refractivity contribution < 1.29 is 14.7 Å². The third kappa shape index (κ3) is 3.98. The van der Waals surface area contributed by atoms with Gasteiger partial charge < -0.3 is 10.4 Å². The Balaban J connectivity index is 1.80. The lowest BCUT2D eigenvalue weighted by Gasteiger charge is -2.19. The summed E-state index contributed by atoms with van der Waals surface area (Å²) in [7, 11) is 0. The lowest BCUT2D eigenvalue weighted by molar-refractivity contribution is 0.0949. The zero-order valence-electron chi connectivity index (χ0n) is 14.1. The van der Waals surface area contributed by atoms with Crippen LogP contribution in [0.25, 0.3) is 0 Å². The van der Waals surface area contributed by atoms with Crippen LogP contribution in [0, 0.1) is 0 Å². The molecule has 2 N–H and O–H groups in total. The van der Waals surface area contributed by atoms with Crippen molar-refractivity contribution in [2.24, 2.45) is 0 Å². The molecule has 26 heavy (non-hydrogen) atoms. The highest BCUT2D eigenvalue weighted by Crippen LogP contribution is 2.24. The molecule has 0 aliphatic rings. The molecule has 0 spiro atoms. The summed E-state index contributed by atoms with van der Waals surface area (Å²) in [6, 6.07) is 24.1. The molecule has 0 atom stereocenters. The number of rotatable bonds is 6. The van der Waals surface area contributed by atoms with Gasteiger partial charge in [-0.25, -0.2) is 0 Å². The van der Waals surface area contributed by atoms with Gasteiger partial charge in [0.15, 0.2) is 0 Å². The van der Waals surface area contributed by atoms with Crippen molar-refractivity contribution in [1.82, 2.24) is 5.32 Å². The Morgan fingerprint density at radius 3 is 2.00 bits per heavy atom. The minimum atomic E-state index is -0.378.